The van der Waals surface area contributed by atoms with Crippen LogP contribution in [0.5, 0.6) is 5.75 Å². The number of urea groups is 1. The molecule has 3 aliphatic rings. The Morgan fingerprint density at radius 2 is 1.69 bits per heavy atom. The Morgan fingerprint density at radius 1 is 1.00 bits per heavy atom. The van der Waals surface area contributed by atoms with Gasteiger partial charge in [0.25, 0.3) is 5.91 Å². The van der Waals surface area contributed by atoms with E-state index in [0.29, 0.717) is 48.6 Å². The molecule has 1 aromatic carbocycles. The number of nitrogens with one attached hydrogen (secondary N) is 1. The molecule has 0 unspecified atom stereocenters. The van der Waals surface area contributed by atoms with E-state index in [1.54, 1.807) is 23.1 Å². The van der Waals surface area contributed by atoms with Crippen LogP contribution in [0.15, 0.2) is 18.2 Å². The van der Waals surface area contributed by atoms with E-state index in [2.05, 4.69) is 10.2 Å². The highest BCUT2D eigenvalue weighted by molar-refractivity contribution is 6.34. The fourth-order valence-corrected chi connectivity index (χ4v) is 5.21. The predicted octanol–water partition coefficient (Wildman–Crippen LogP) is 2.96. The fraction of sp³-hybridized carbons (Fsp3) is 0.630. The van der Waals surface area contributed by atoms with E-state index in [9.17, 15) is 19.2 Å². The molecule has 0 radical (unpaired) electrons. The van der Waals surface area contributed by atoms with Crippen molar-refractivity contribution in [1.82, 2.24) is 20.0 Å². The quantitative estimate of drug-likeness (QED) is 0.566. The topological polar surface area (TPSA) is 112 Å². The van der Waals surface area contributed by atoms with Crippen molar-refractivity contribution in [2.24, 2.45) is 5.92 Å². The summed E-state index contributed by atoms with van der Waals surface area (Å²) in [4.78, 5) is 56.1. The van der Waals surface area contributed by atoms with Crippen molar-refractivity contribution >= 4 is 41.2 Å². The van der Waals surface area contributed by atoms with Crippen LogP contribution in [0.2, 0.25) is 5.02 Å². The molecule has 214 valence electrons. The molecule has 0 aliphatic carbocycles. The van der Waals surface area contributed by atoms with Crippen LogP contribution in [0.25, 0.3) is 0 Å². The molecule has 1 aromatic rings. The zero-order chi connectivity index (χ0) is 28.2. The molecular weight excluding hydrogens is 526 g/mol. The van der Waals surface area contributed by atoms with Crippen LogP contribution < -0.4 is 15.0 Å². The molecule has 3 heterocycles. The fourth-order valence-electron chi connectivity index (χ4n) is 4.99. The maximum Gasteiger partial charge on any atom is 0.410 e. The Bertz CT molecular complexity index is 1080. The van der Waals surface area contributed by atoms with Gasteiger partial charge in [0.15, 0.2) is 6.61 Å². The van der Waals surface area contributed by atoms with Gasteiger partial charge in [-0.05, 0) is 51.7 Å². The molecule has 39 heavy (non-hydrogen) atoms. The minimum atomic E-state index is -0.533. The normalized spacial score (nSPS) is 19.6. The van der Waals surface area contributed by atoms with Gasteiger partial charge in [0.05, 0.1) is 10.7 Å². The van der Waals surface area contributed by atoms with Crippen molar-refractivity contribution in [3.8, 4) is 5.75 Å². The number of anilines is 1. The number of amides is 5. The SMILES string of the molecule is CC(C)(C)OC(=O)N1CCN(CC2CCN(C(=O)COc3ccc(Cl)c(N4CCC(=O)NC4=O)c3)CC2)CC1. The number of likely N-dealkylation sites (tertiary alicyclic amines) is 1. The average Bonchev–Trinajstić information content (AvgIpc) is 2.88. The van der Waals surface area contributed by atoms with Gasteiger partial charge in [-0.15, -0.1) is 0 Å². The van der Waals surface area contributed by atoms with Crippen LogP contribution in [0.4, 0.5) is 15.3 Å². The molecule has 0 spiro atoms. The lowest BCUT2D eigenvalue weighted by Gasteiger charge is -2.39. The number of nitrogens with zero attached hydrogens (tertiary/aromatic N) is 4. The van der Waals surface area contributed by atoms with Crippen LogP contribution >= 0.6 is 11.6 Å². The minimum Gasteiger partial charge on any atom is -0.484 e. The molecule has 0 bridgehead atoms. The molecule has 3 aliphatic heterocycles. The predicted molar refractivity (Wildman–Crippen MR) is 146 cm³/mol. The Hall–Kier alpha value is -3.05. The lowest BCUT2D eigenvalue weighted by molar-refractivity contribution is -0.134. The third-order valence-electron chi connectivity index (χ3n) is 7.13. The summed E-state index contributed by atoms with van der Waals surface area (Å²) >= 11 is 6.28. The Morgan fingerprint density at radius 3 is 2.33 bits per heavy atom. The summed E-state index contributed by atoms with van der Waals surface area (Å²) in [5.74, 6) is 0.518. The van der Waals surface area contributed by atoms with Gasteiger partial charge in [0.2, 0.25) is 5.91 Å². The number of benzene rings is 1. The molecule has 12 heteroatoms. The Labute approximate surface area is 234 Å². The van der Waals surface area contributed by atoms with Crippen LogP contribution in [0, 0.1) is 5.92 Å². The van der Waals surface area contributed by atoms with Crippen molar-refractivity contribution in [3.63, 3.8) is 0 Å². The van der Waals surface area contributed by atoms with Crippen LogP contribution in [-0.4, -0.2) is 103 Å². The van der Waals surface area contributed by atoms with Gasteiger partial charge in [-0.3, -0.25) is 24.7 Å². The van der Waals surface area contributed by atoms with Crippen molar-refractivity contribution in [2.45, 2.75) is 45.6 Å². The minimum absolute atomic E-state index is 0.0859. The maximum atomic E-state index is 12.8. The Kier molecular flexibility index (Phi) is 9.22. The lowest BCUT2D eigenvalue weighted by atomic mass is 9.96. The summed E-state index contributed by atoms with van der Waals surface area (Å²) < 4.78 is 11.2. The molecule has 1 N–H and O–H groups in total. The number of carbonyl (C=O) groups excluding carboxylic acids is 4. The first kappa shape index (κ1) is 28.9. The first-order valence-corrected chi connectivity index (χ1v) is 13.9. The lowest BCUT2D eigenvalue weighted by Crippen LogP contribution is -2.51. The van der Waals surface area contributed by atoms with E-state index >= 15 is 0 Å². The number of halogens is 1. The van der Waals surface area contributed by atoms with Crippen molar-refractivity contribution in [1.29, 1.82) is 0 Å². The average molecular weight is 564 g/mol. The van der Waals surface area contributed by atoms with Crippen molar-refractivity contribution in [3.05, 3.63) is 23.2 Å². The molecule has 3 saturated heterocycles. The third-order valence-corrected chi connectivity index (χ3v) is 7.45. The number of piperidine rings is 1. The summed E-state index contributed by atoms with van der Waals surface area (Å²) in [7, 11) is 0. The molecule has 3 fully saturated rings. The molecule has 4 rings (SSSR count). The molecule has 0 atom stereocenters. The summed E-state index contributed by atoms with van der Waals surface area (Å²) in [6, 6.07) is 4.34. The summed E-state index contributed by atoms with van der Waals surface area (Å²) in [6.07, 6.45) is 1.78. The van der Waals surface area contributed by atoms with Crippen molar-refractivity contribution in [2.75, 3.05) is 63.9 Å². The van der Waals surface area contributed by atoms with E-state index in [0.717, 1.165) is 32.5 Å². The first-order valence-electron chi connectivity index (χ1n) is 13.5. The van der Waals surface area contributed by atoms with Crippen molar-refractivity contribution < 1.29 is 28.7 Å². The molecule has 0 saturated carbocycles. The third kappa shape index (κ3) is 7.98. The highest BCUT2D eigenvalue weighted by Gasteiger charge is 2.29. The second-order valence-electron chi connectivity index (χ2n) is 11.2. The number of piperazine rings is 1. The number of imide groups is 1. The van der Waals surface area contributed by atoms with Crippen LogP contribution in [-0.2, 0) is 14.3 Å². The largest absolute Gasteiger partial charge is 0.484 e. The van der Waals surface area contributed by atoms with E-state index in [1.165, 1.54) is 4.90 Å². The number of rotatable bonds is 6. The van der Waals surface area contributed by atoms with E-state index in [1.807, 2.05) is 25.7 Å². The van der Waals surface area contributed by atoms with Gasteiger partial charge in [-0.2, -0.15) is 0 Å². The zero-order valence-corrected chi connectivity index (χ0v) is 23.7. The van der Waals surface area contributed by atoms with Gasteiger partial charge in [0, 0.05) is 64.8 Å². The van der Waals surface area contributed by atoms with Gasteiger partial charge in [0.1, 0.15) is 11.4 Å². The standard InChI is InChI=1S/C27H38ClN5O6/c1-27(2,3)39-26(37)32-14-12-30(13-15-32)17-19-6-9-31(10-7-19)24(35)18-38-20-4-5-21(28)22(16-20)33-11-8-23(34)29-25(33)36/h4-5,16,19H,6-15,17-18H2,1-3H3,(H,29,34,36). The van der Waals surface area contributed by atoms with Gasteiger partial charge < -0.3 is 19.3 Å². The second kappa shape index (κ2) is 12.4. The summed E-state index contributed by atoms with van der Waals surface area (Å²) in [5.41, 5.74) is -0.0598. The monoisotopic (exact) mass is 563 g/mol. The number of hydrogen-bond donors (Lipinski definition) is 1. The van der Waals surface area contributed by atoms with E-state index < -0.39 is 11.6 Å². The van der Waals surface area contributed by atoms with Gasteiger partial charge >= 0.3 is 12.1 Å². The maximum absolute atomic E-state index is 12.8. The highest BCUT2D eigenvalue weighted by Crippen LogP contribution is 2.31. The van der Waals surface area contributed by atoms with E-state index in [-0.39, 0.29) is 37.5 Å². The summed E-state index contributed by atoms with van der Waals surface area (Å²) in [5, 5.41) is 2.63. The molecule has 5 amide bonds. The molecular formula is C27H38ClN5O6. The van der Waals surface area contributed by atoms with Crippen LogP contribution in [0.3, 0.4) is 0 Å². The molecule has 0 aromatic heterocycles. The van der Waals surface area contributed by atoms with Gasteiger partial charge in [-0.1, -0.05) is 11.6 Å². The second-order valence-corrected chi connectivity index (χ2v) is 11.7. The summed E-state index contributed by atoms with van der Waals surface area (Å²) in [6.45, 7) is 11.0. The van der Waals surface area contributed by atoms with Crippen LogP contribution in [0.1, 0.15) is 40.0 Å². The highest BCUT2D eigenvalue weighted by atomic mass is 35.5. The number of carbonyl (C=O) groups is 4. The van der Waals surface area contributed by atoms with E-state index in [4.69, 9.17) is 21.1 Å². The number of ether oxygens (including phenoxy) is 2. The molecule has 11 nitrogen and oxygen atoms in total. The zero-order valence-electron chi connectivity index (χ0n) is 22.9. The smallest absolute Gasteiger partial charge is 0.410 e. The first-order chi connectivity index (χ1) is 18.5. The van der Waals surface area contributed by atoms with Gasteiger partial charge in [-0.25, -0.2) is 9.59 Å². The Balaban J connectivity index is 1.18. The number of hydrogen-bond acceptors (Lipinski definition) is 7.